The monoisotopic (exact) mass is 311 g/mol. The molecule has 5 nitrogen and oxygen atoms in total. The topological polar surface area (TPSA) is 75.4 Å². The first kappa shape index (κ1) is 17.5. The van der Waals surface area contributed by atoms with Crippen LogP contribution in [0.3, 0.4) is 0 Å². The van der Waals surface area contributed by atoms with E-state index in [1.54, 1.807) is 0 Å². The number of nitrogens with one attached hydrogen (secondary N) is 1. The fourth-order valence-electron chi connectivity index (χ4n) is 2.11. The maximum atomic E-state index is 11.4. The Balaban J connectivity index is 2.53. The summed E-state index contributed by atoms with van der Waals surface area (Å²) in [5.74, 6) is -0.0628. The molecule has 0 unspecified atom stereocenters. The van der Waals surface area contributed by atoms with Crippen LogP contribution in [0.15, 0.2) is 24.3 Å². The third-order valence-corrected chi connectivity index (χ3v) is 4.02. The number of carbonyl (C=O) groups is 2. The molecular formula is C15H22ClN3O2. The molecule has 0 radical (unpaired) electrons. The maximum Gasteiger partial charge on any atom is 0.318 e. The highest BCUT2D eigenvalue weighted by atomic mass is 35.5. The first-order valence-corrected chi connectivity index (χ1v) is 7.24. The summed E-state index contributed by atoms with van der Waals surface area (Å²) < 4.78 is 0. The number of rotatable bonds is 6. The molecule has 1 aromatic carbocycles. The minimum atomic E-state index is -0.815. The lowest BCUT2D eigenvalue weighted by Crippen LogP contribution is -2.39. The number of urea groups is 1. The van der Waals surface area contributed by atoms with Crippen LogP contribution in [0.1, 0.15) is 31.7 Å². The van der Waals surface area contributed by atoms with Gasteiger partial charge in [-0.2, -0.15) is 0 Å². The lowest BCUT2D eigenvalue weighted by atomic mass is 9.93. The van der Waals surface area contributed by atoms with Crippen molar-refractivity contribution in [2.45, 2.75) is 32.2 Å². The normalized spacial score (nSPS) is 13.8. The van der Waals surface area contributed by atoms with Crippen molar-refractivity contribution in [1.29, 1.82) is 0 Å². The predicted molar refractivity (Wildman–Crippen MR) is 84.3 cm³/mol. The molecule has 0 aliphatic heterocycles. The van der Waals surface area contributed by atoms with Gasteiger partial charge in [-0.05, 0) is 37.6 Å². The van der Waals surface area contributed by atoms with E-state index in [-0.39, 0.29) is 18.4 Å². The van der Waals surface area contributed by atoms with Crippen molar-refractivity contribution in [2.24, 2.45) is 5.73 Å². The lowest BCUT2D eigenvalue weighted by molar-refractivity contribution is -0.120. The highest BCUT2D eigenvalue weighted by molar-refractivity contribution is 6.30. The number of amides is 3. The van der Waals surface area contributed by atoms with Crippen LogP contribution in [0.2, 0.25) is 5.02 Å². The van der Waals surface area contributed by atoms with Gasteiger partial charge in [0.1, 0.15) is 0 Å². The average Bonchev–Trinajstić information content (AvgIpc) is 2.43. The van der Waals surface area contributed by atoms with Gasteiger partial charge < -0.3 is 10.6 Å². The first-order valence-electron chi connectivity index (χ1n) is 6.86. The van der Waals surface area contributed by atoms with Crippen LogP contribution in [-0.2, 0) is 4.79 Å². The number of carbonyl (C=O) groups excluding carboxylic acids is 2. The van der Waals surface area contributed by atoms with Crippen molar-refractivity contribution in [3.8, 4) is 0 Å². The number of nitrogens with two attached hydrogens (primary N) is 1. The standard InChI is InChI=1S/C15H22ClN3O2/c1-10(12-4-6-13(16)7-5-12)11(2)19(3)9-8-14(20)18-15(17)21/h4-7,10-11H,8-9H2,1-3H3,(H3,17,18,20,21)/t10-,11+/m1/s1. The molecule has 3 N–H and O–H groups in total. The number of halogens is 1. The quantitative estimate of drug-likeness (QED) is 0.846. The highest BCUT2D eigenvalue weighted by Crippen LogP contribution is 2.23. The zero-order valence-corrected chi connectivity index (χ0v) is 13.4. The van der Waals surface area contributed by atoms with Gasteiger partial charge in [-0.1, -0.05) is 30.7 Å². The van der Waals surface area contributed by atoms with Gasteiger partial charge in [-0.25, -0.2) is 4.79 Å². The molecule has 0 bridgehead atoms. The first-order chi connectivity index (χ1) is 9.81. The van der Waals surface area contributed by atoms with Gasteiger partial charge in [-0.15, -0.1) is 0 Å². The second-order valence-electron chi connectivity index (χ2n) is 5.22. The zero-order chi connectivity index (χ0) is 16.0. The van der Waals surface area contributed by atoms with E-state index in [0.29, 0.717) is 12.5 Å². The van der Waals surface area contributed by atoms with Gasteiger partial charge in [-0.3, -0.25) is 10.1 Å². The summed E-state index contributed by atoms with van der Waals surface area (Å²) >= 11 is 5.89. The molecule has 0 saturated heterocycles. The van der Waals surface area contributed by atoms with E-state index < -0.39 is 6.03 Å². The summed E-state index contributed by atoms with van der Waals surface area (Å²) in [5, 5.41) is 2.78. The fourth-order valence-corrected chi connectivity index (χ4v) is 2.23. The number of nitrogens with zero attached hydrogens (tertiary/aromatic N) is 1. The van der Waals surface area contributed by atoms with Crippen molar-refractivity contribution in [3.05, 3.63) is 34.9 Å². The van der Waals surface area contributed by atoms with Crippen LogP contribution in [0.5, 0.6) is 0 Å². The Hall–Kier alpha value is -1.59. The van der Waals surface area contributed by atoms with Crippen LogP contribution < -0.4 is 11.1 Å². The average molecular weight is 312 g/mol. The Labute approximate surface area is 130 Å². The van der Waals surface area contributed by atoms with Gasteiger partial charge in [0, 0.05) is 24.0 Å². The minimum Gasteiger partial charge on any atom is -0.351 e. The van der Waals surface area contributed by atoms with Crippen molar-refractivity contribution in [3.63, 3.8) is 0 Å². The van der Waals surface area contributed by atoms with Crippen LogP contribution >= 0.6 is 11.6 Å². The summed E-state index contributed by atoms with van der Waals surface area (Å²) in [6.45, 7) is 4.79. The fraction of sp³-hybridized carbons (Fsp3) is 0.467. The molecule has 6 heteroatoms. The van der Waals surface area contributed by atoms with Gasteiger partial charge in [0.25, 0.3) is 0 Å². The van der Waals surface area contributed by atoms with Crippen LogP contribution in [-0.4, -0.2) is 36.5 Å². The molecule has 0 aliphatic rings. The molecule has 2 atom stereocenters. The molecule has 0 aliphatic carbocycles. The molecule has 3 amide bonds. The summed E-state index contributed by atoms with van der Waals surface area (Å²) in [4.78, 5) is 24.1. The van der Waals surface area contributed by atoms with E-state index in [1.165, 1.54) is 5.56 Å². The third-order valence-electron chi connectivity index (χ3n) is 3.77. The zero-order valence-electron chi connectivity index (χ0n) is 12.6. The maximum absolute atomic E-state index is 11.4. The largest absolute Gasteiger partial charge is 0.351 e. The predicted octanol–water partition coefficient (Wildman–Crippen LogP) is 2.35. The Morgan fingerprint density at radius 3 is 2.38 bits per heavy atom. The number of likely N-dealkylation sites (N-methyl/N-ethyl adjacent to an activating group) is 1. The van der Waals surface area contributed by atoms with Gasteiger partial charge in [0.15, 0.2) is 0 Å². The number of benzene rings is 1. The Morgan fingerprint density at radius 2 is 1.86 bits per heavy atom. The molecule has 0 aromatic heterocycles. The van der Waals surface area contributed by atoms with Crippen molar-refractivity contribution < 1.29 is 9.59 Å². The number of primary amides is 1. The molecule has 0 heterocycles. The molecule has 0 spiro atoms. The summed E-state index contributed by atoms with van der Waals surface area (Å²) in [6.07, 6.45) is 0.233. The Morgan fingerprint density at radius 1 is 1.29 bits per heavy atom. The van der Waals surface area contributed by atoms with Crippen molar-refractivity contribution in [1.82, 2.24) is 10.2 Å². The third kappa shape index (κ3) is 5.73. The molecule has 0 saturated carbocycles. The minimum absolute atomic E-state index is 0.233. The summed E-state index contributed by atoms with van der Waals surface area (Å²) in [5.41, 5.74) is 6.10. The molecule has 1 aromatic rings. The summed E-state index contributed by atoms with van der Waals surface area (Å²) in [7, 11) is 1.95. The molecule has 1 rings (SSSR count). The van der Waals surface area contributed by atoms with E-state index in [0.717, 1.165) is 5.02 Å². The summed E-state index contributed by atoms with van der Waals surface area (Å²) in [6, 6.07) is 7.20. The van der Waals surface area contributed by atoms with Crippen molar-refractivity contribution in [2.75, 3.05) is 13.6 Å². The number of imide groups is 1. The SMILES string of the molecule is C[C@@H](c1ccc(Cl)cc1)[C@H](C)N(C)CCC(=O)NC(N)=O. The van der Waals surface area contributed by atoms with Gasteiger partial charge in [0.05, 0.1) is 0 Å². The highest BCUT2D eigenvalue weighted by Gasteiger charge is 2.19. The smallest absolute Gasteiger partial charge is 0.318 e. The molecule has 116 valence electrons. The second kappa shape index (κ2) is 8.00. The van der Waals surface area contributed by atoms with Gasteiger partial charge in [0.2, 0.25) is 5.91 Å². The van der Waals surface area contributed by atoms with Gasteiger partial charge >= 0.3 is 6.03 Å². The molecular weight excluding hydrogens is 290 g/mol. The Kier molecular flexibility index (Phi) is 6.65. The van der Waals surface area contributed by atoms with E-state index in [1.807, 2.05) is 31.3 Å². The second-order valence-corrected chi connectivity index (χ2v) is 5.66. The molecule has 0 fully saturated rings. The van der Waals surface area contributed by atoms with Crippen LogP contribution in [0.25, 0.3) is 0 Å². The molecule has 21 heavy (non-hydrogen) atoms. The van der Waals surface area contributed by atoms with E-state index >= 15 is 0 Å². The van der Waals surface area contributed by atoms with E-state index in [2.05, 4.69) is 24.1 Å². The van der Waals surface area contributed by atoms with Crippen molar-refractivity contribution >= 4 is 23.5 Å². The van der Waals surface area contributed by atoms with E-state index in [9.17, 15) is 9.59 Å². The van der Waals surface area contributed by atoms with E-state index in [4.69, 9.17) is 17.3 Å². The lowest BCUT2D eigenvalue weighted by Gasteiger charge is -2.30. The number of hydrogen-bond acceptors (Lipinski definition) is 3. The number of hydrogen-bond donors (Lipinski definition) is 2. The van der Waals surface area contributed by atoms with Crippen LogP contribution in [0.4, 0.5) is 4.79 Å². The van der Waals surface area contributed by atoms with Crippen LogP contribution in [0, 0.1) is 0 Å². The Bertz CT molecular complexity index is 490.